The fourth-order valence-electron chi connectivity index (χ4n) is 2.55. The van der Waals surface area contributed by atoms with Crippen LogP contribution in [0.1, 0.15) is 5.56 Å². The van der Waals surface area contributed by atoms with Gasteiger partial charge in [-0.2, -0.15) is 0 Å². The number of nitrogens with one attached hydrogen (secondary N) is 1. The molecule has 3 aromatic heterocycles. The summed E-state index contributed by atoms with van der Waals surface area (Å²) in [4.78, 5) is 14.2. The Kier molecular flexibility index (Phi) is 3.31. The van der Waals surface area contributed by atoms with Crippen LogP contribution in [0, 0.1) is 6.92 Å². The van der Waals surface area contributed by atoms with Gasteiger partial charge < -0.3 is 10.1 Å². The first-order valence-electron chi connectivity index (χ1n) is 7.16. The maximum atomic E-state index is 5.43. The van der Waals surface area contributed by atoms with Crippen molar-refractivity contribution < 1.29 is 4.74 Å². The van der Waals surface area contributed by atoms with Gasteiger partial charge in [0.15, 0.2) is 5.82 Å². The summed E-state index contributed by atoms with van der Waals surface area (Å²) < 4.78 is 6.42. The summed E-state index contributed by atoms with van der Waals surface area (Å²) in [5.74, 6) is 1.54. The lowest BCUT2D eigenvalue weighted by molar-refractivity contribution is 0.416. The fraction of sp³-hybridized carbons (Fsp3) is 0.118. The molecule has 0 unspecified atom stereocenters. The minimum Gasteiger partial charge on any atom is -0.495 e. The number of aryl methyl sites for hydroxylation is 1. The highest BCUT2D eigenvalue weighted by Crippen LogP contribution is 2.37. The number of aromatic nitrogens is 3. The van der Waals surface area contributed by atoms with E-state index >= 15 is 0 Å². The van der Waals surface area contributed by atoms with Crippen molar-refractivity contribution in [1.82, 2.24) is 15.0 Å². The molecular weight excluding hydrogens is 308 g/mol. The van der Waals surface area contributed by atoms with Crippen LogP contribution in [0.25, 0.3) is 20.4 Å². The molecule has 4 aromatic rings. The summed E-state index contributed by atoms with van der Waals surface area (Å²) in [5.41, 5.74) is 2.96. The molecule has 0 saturated heterocycles. The number of thiophene rings is 1. The minimum atomic E-state index is 0.766. The van der Waals surface area contributed by atoms with Crippen LogP contribution in [0.5, 0.6) is 5.75 Å². The van der Waals surface area contributed by atoms with Gasteiger partial charge in [-0.15, -0.1) is 11.3 Å². The SMILES string of the molecule is COc1ccc(C)cc1Nc1ncnc2c1sc1ncccc12. The molecule has 0 fully saturated rings. The van der Waals surface area contributed by atoms with Crippen LogP contribution >= 0.6 is 11.3 Å². The second-order valence-corrected chi connectivity index (χ2v) is 6.19. The van der Waals surface area contributed by atoms with Gasteiger partial charge >= 0.3 is 0 Å². The maximum Gasteiger partial charge on any atom is 0.152 e. The van der Waals surface area contributed by atoms with Gasteiger partial charge in [-0.1, -0.05) is 6.07 Å². The van der Waals surface area contributed by atoms with E-state index in [-0.39, 0.29) is 0 Å². The molecule has 114 valence electrons. The van der Waals surface area contributed by atoms with E-state index in [1.807, 2.05) is 37.3 Å². The number of nitrogens with zero attached hydrogens (tertiary/aromatic N) is 3. The molecule has 0 aliphatic rings. The first-order valence-corrected chi connectivity index (χ1v) is 7.98. The van der Waals surface area contributed by atoms with Crippen molar-refractivity contribution in [1.29, 1.82) is 0 Å². The number of methoxy groups -OCH3 is 1. The topological polar surface area (TPSA) is 59.9 Å². The second kappa shape index (κ2) is 5.48. The highest BCUT2D eigenvalue weighted by atomic mass is 32.1. The van der Waals surface area contributed by atoms with E-state index in [2.05, 4.69) is 20.3 Å². The Labute approximate surface area is 137 Å². The number of fused-ring (bicyclic) bond motifs is 3. The summed E-state index contributed by atoms with van der Waals surface area (Å²) in [6.07, 6.45) is 3.37. The molecule has 0 atom stereocenters. The first-order chi connectivity index (χ1) is 11.3. The van der Waals surface area contributed by atoms with Crippen molar-refractivity contribution in [2.75, 3.05) is 12.4 Å². The molecule has 0 spiro atoms. The van der Waals surface area contributed by atoms with Gasteiger partial charge in [0, 0.05) is 11.6 Å². The van der Waals surface area contributed by atoms with E-state index in [0.29, 0.717) is 0 Å². The monoisotopic (exact) mass is 322 g/mol. The quantitative estimate of drug-likeness (QED) is 0.609. The molecule has 3 heterocycles. The number of pyridine rings is 1. The molecule has 0 saturated carbocycles. The van der Waals surface area contributed by atoms with Gasteiger partial charge in [-0.05, 0) is 36.8 Å². The molecule has 0 radical (unpaired) electrons. The first kappa shape index (κ1) is 13.9. The Balaban J connectivity index is 1.88. The largest absolute Gasteiger partial charge is 0.495 e. The van der Waals surface area contributed by atoms with E-state index in [0.717, 1.165) is 43.3 Å². The highest BCUT2D eigenvalue weighted by Gasteiger charge is 2.13. The van der Waals surface area contributed by atoms with Crippen molar-refractivity contribution in [3.05, 3.63) is 48.4 Å². The molecule has 5 nitrogen and oxygen atoms in total. The molecule has 6 heteroatoms. The number of rotatable bonds is 3. The van der Waals surface area contributed by atoms with Crippen LogP contribution in [0.4, 0.5) is 11.5 Å². The standard InChI is InChI=1S/C17H14N4OS/c1-10-5-6-13(22-2)12(8-10)21-16-15-14(19-9-20-16)11-4-3-7-18-17(11)23-15/h3-9H,1-2H3,(H,19,20,21). The molecule has 0 bridgehead atoms. The van der Waals surface area contributed by atoms with E-state index in [9.17, 15) is 0 Å². The lowest BCUT2D eigenvalue weighted by atomic mass is 10.2. The molecular formula is C17H14N4OS. The summed E-state index contributed by atoms with van der Waals surface area (Å²) in [6, 6.07) is 9.96. The number of hydrogen-bond acceptors (Lipinski definition) is 6. The normalized spacial score (nSPS) is 11.0. The number of ether oxygens (including phenoxy) is 1. The zero-order chi connectivity index (χ0) is 15.8. The van der Waals surface area contributed by atoms with E-state index < -0.39 is 0 Å². The van der Waals surface area contributed by atoms with Crippen LogP contribution in [0.2, 0.25) is 0 Å². The molecule has 0 aliphatic carbocycles. The van der Waals surface area contributed by atoms with E-state index in [4.69, 9.17) is 4.74 Å². The Morgan fingerprint density at radius 2 is 2.04 bits per heavy atom. The smallest absolute Gasteiger partial charge is 0.152 e. The van der Waals surface area contributed by atoms with Crippen molar-refractivity contribution in [2.45, 2.75) is 6.92 Å². The summed E-state index contributed by atoms with van der Waals surface area (Å²) >= 11 is 1.59. The van der Waals surface area contributed by atoms with Gasteiger partial charge in [0.1, 0.15) is 16.9 Å². The molecule has 4 rings (SSSR count). The van der Waals surface area contributed by atoms with Gasteiger partial charge in [-0.3, -0.25) is 0 Å². The fourth-order valence-corrected chi connectivity index (χ4v) is 3.59. The van der Waals surface area contributed by atoms with E-state index in [1.54, 1.807) is 31.0 Å². The number of benzene rings is 1. The van der Waals surface area contributed by atoms with Crippen molar-refractivity contribution in [3.63, 3.8) is 0 Å². The van der Waals surface area contributed by atoms with E-state index in [1.165, 1.54) is 0 Å². The molecule has 23 heavy (non-hydrogen) atoms. The molecule has 0 aliphatic heterocycles. The predicted octanol–water partition coefficient (Wildman–Crippen LogP) is 4.30. The Morgan fingerprint density at radius 1 is 1.13 bits per heavy atom. The Morgan fingerprint density at radius 3 is 2.91 bits per heavy atom. The van der Waals surface area contributed by atoms with Gasteiger partial charge in [-0.25, -0.2) is 15.0 Å². The molecule has 1 N–H and O–H groups in total. The van der Waals surface area contributed by atoms with Crippen LogP contribution in [-0.4, -0.2) is 22.1 Å². The third-order valence-corrected chi connectivity index (χ3v) is 4.75. The van der Waals surface area contributed by atoms with Crippen LogP contribution in [0.15, 0.2) is 42.9 Å². The van der Waals surface area contributed by atoms with Crippen LogP contribution in [0.3, 0.4) is 0 Å². The lowest BCUT2D eigenvalue weighted by Gasteiger charge is -2.11. The predicted molar refractivity (Wildman–Crippen MR) is 93.7 cm³/mol. The van der Waals surface area contributed by atoms with Crippen molar-refractivity contribution >= 4 is 43.3 Å². The zero-order valence-electron chi connectivity index (χ0n) is 12.7. The number of anilines is 2. The van der Waals surface area contributed by atoms with Crippen LogP contribution in [-0.2, 0) is 0 Å². The second-order valence-electron chi connectivity index (χ2n) is 5.19. The van der Waals surface area contributed by atoms with Gasteiger partial charge in [0.25, 0.3) is 0 Å². The summed E-state index contributed by atoms with van der Waals surface area (Å²) in [7, 11) is 1.66. The third kappa shape index (κ3) is 2.37. The third-order valence-electron chi connectivity index (χ3n) is 3.64. The van der Waals surface area contributed by atoms with Crippen molar-refractivity contribution in [3.8, 4) is 5.75 Å². The lowest BCUT2D eigenvalue weighted by Crippen LogP contribution is -1.97. The van der Waals surface area contributed by atoms with Gasteiger partial charge in [0.2, 0.25) is 0 Å². The van der Waals surface area contributed by atoms with Crippen molar-refractivity contribution in [2.24, 2.45) is 0 Å². The molecule has 0 amide bonds. The van der Waals surface area contributed by atoms with Crippen LogP contribution < -0.4 is 10.1 Å². The maximum absolute atomic E-state index is 5.43. The molecule has 1 aromatic carbocycles. The highest BCUT2D eigenvalue weighted by molar-refractivity contribution is 7.25. The number of hydrogen-bond donors (Lipinski definition) is 1. The Hall–Kier alpha value is -2.73. The van der Waals surface area contributed by atoms with Gasteiger partial charge in [0.05, 0.1) is 23.0 Å². The average molecular weight is 322 g/mol. The zero-order valence-corrected chi connectivity index (χ0v) is 13.5. The summed E-state index contributed by atoms with van der Waals surface area (Å²) in [5, 5.41) is 4.42. The minimum absolute atomic E-state index is 0.766. The Bertz CT molecular complexity index is 1010. The average Bonchev–Trinajstić information content (AvgIpc) is 2.95. The summed E-state index contributed by atoms with van der Waals surface area (Å²) in [6.45, 7) is 2.05.